The average Bonchev–Trinajstić information content (AvgIpc) is 3.80. The zero-order chi connectivity index (χ0) is 31.9. The van der Waals surface area contributed by atoms with E-state index in [9.17, 15) is 32.7 Å². The van der Waals surface area contributed by atoms with Crippen LogP contribution in [-0.4, -0.2) is 58.6 Å². The number of nitrogens with zero attached hydrogens (tertiary/aromatic N) is 1. The number of aliphatic hydroxyl groups is 1. The van der Waals surface area contributed by atoms with E-state index in [4.69, 9.17) is 0 Å². The highest BCUT2D eigenvalue weighted by Gasteiger charge is 2.45. The lowest BCUT2D eigenvalue weighted by atomic mass is 9.98. The Kier molecular flexibility index (Phi) is 10.6. The van der Waals surface area contributed by atoms with Crippen LogP contribution in [0.15, 0.2) is 71.5 Å². The summed E-state index contributed by atoms with van der Waals surface area (Å²) in [6.45, 7) is 4.92. The van der Waals surface area contributed by atoms with Crippen molar-refractivity contribution in [3.8, 4) is 0 Å². The van der Waals surface area contributed by atoms with Crippen molar-refractivity contribution in [1.29, 1.82) is 0 Å². The Bertz CT molecular complexity index is 1480. The van der Waals surface area contributed by atoms with Gasteiger partial charge in [-0.15, -0.1) is 0 Å². The number of aromatic nitrogens is 1. The van der Waals surface area contributed by atoms with Gasteiger partial charge >= 0.3 is 6.18 Å². The van der Waals surface area contributed by atoms with Crippen LogP contribution in [-0.2, 0) is 18.1 Å². The molecule has 0 bridgehead atoms. The van der Waals surface area contributed by atoms with Crippen molar-refractivity contribution in [1.82, 2.24) is 20.5 Å². The molecule has 0 radical (unpaired) electrons. The summed E-state index contributed by atoms with van der Waals surface area (Å²) in [4.78, 5) is 43.2. The van der Waals surface area contributed by atoms with Crippen molar-refractivity contribution in [3.05, 3.63) is 105 Å². The number of carbonyl (C=O) groups excluding carboxylic acids is 2. The van der Waals surface area contributed by atoms with Gasteiger partial charge in [-0.1, -0.05) is 56.3 Å². The van der Waals surface area contributed by atoms with Crippen LogP contribution < -0.4 is 16.2 Å². The molecule has 0 aliphatic heterocycles. The second-order valence-electron chi connectivity index (χ2n) is 11.3. The van der Waals surface area contributed by atoms with Crippen molar-refractivity contribution >= 4 is 11.8 Å². The molecule has 44 heavy (non-hydrogen) atoms. The summed E-state index contributed by atoms with van der Waals surface area (Å²) in [6.07, 6.45) is -2.67. The molecule has 1 aromatic heterocycles. The fraction of sp³-hybridized carbons (Fsp3) is 0.424. The molecule has 2 atom stereocenters. The van der Waals surface area contributed by atoms with E-state index in [1.807, 2.05) is 44.2 Å². The molecule has 3 aromatic rings. The van der Waals surface area contributed by atoms with Gasteiger partial charge in [0.05, 0.1) is 17.7 Å². The molecule has 236 valence electrons. The number of pyridine rings is 1. The number of amides is 2. The second kappa shape index (κ2) is 14.2. The number of hydrogen-bond donors (Lipinski definition) is 4. The van der Waals surface area contributed by atoms with Crippen LogP contribution >= 0.6 is 0 Å². The molecular formula is C33H39F3N4O4. The topological polar surface area (TPSA) is 115 Å². The maximum Gasteiger partial charge on any atom is 0.416 e. The molecule has 1 heterocycles. The van der Waals surface area contributed by atoms with Gasteiger partial charge in [-0.05, 0) is 61.4 Å². The number of nitrogens with one attached hydrogen (secondary N) is 3. The summed E-state index contributed by atoms with van der Waals surface area (Å²) in [7, 11) is 0. The Morgan fingerprint density at radius 3 is 2.30 bits per heavy atom. The number of H-pyrrole nitrogens is 1. The molecule has 1 aliphatic rings. The first kappa shape index (κ1) is 32.9. The highest BCUT2D eigenvalue weighted by Crippen LogP contribution is 2.46. The van der Waals surface area contributed by atoms with Crippen LogP contribution in [0.3, 0.4) is 0 Å². The van der Waals surface area contributed by atoms with Crippen LogP contribution in [0.2, 0.25) is 0 Å². The summed E-state index contributed by atoms with van der Waals surface area (Å²) in [6, 6.07) is 16.0. The molecule has 4 N–H and O–H groups in total. The van der Waals surface area contributed by atoms with Gasteiger partial charge in [-0.2, -0.15) is 13.2 Å². The van der Waals surface area contributed by atoms with E-state index in [0.29, 0.717) is 31.5 Å². The quantitative estimate of drug-likeness (QED) is 0.212. The normalized spacial score (nSPS) is 15.3. The summed E-state index contributed by atoms with van der Waals surface area (Å²) >= 11 is 0. The van der Waals surface area contributed by atoms with Gasteiger partial charge in [-0.25, -0.2) is 0 Å². The van der Waals surface area contributed by atoms with E-state index >= 15 is 0 Å². The summed E-state index contributed by atoms with van der Waals surface area (Å²) in [5, 5.41) is 17.3. The number of alkyl halides is 3. The minimum Gasteiger partial charge on any atom is -0.390 e. The van der Waals surface area contributed by atoms with Crippen molar-refractivity contribution in [2.24, 2.45) is 0 Å². The molecule has 1 saturated carbocycles. The summed E-state index contributed by atoms with van der Waals surface area (Å²) in [5.74, 6) is -1.02. The highest BCUT2D eigenvalue weighted by atomic mass is 19.4. The smallest absolute Gasteiger partial charge is 0.390 e. The number of rotatable bonds is 14. The van der Waals surface area contributed by atoms with Crippen LogP contribution in [0, 0.1) is 0 Å². The van der Waals surface area contributed by atoms with Gasteiger partial charge in [0.1, 0.15) is 5.69 Å². The Balaban J connectivity index is 1.52. The molecular weight excluding hydrogens is 573 g/mol. The number of carbonyl (C=O) groups is 2. The maximum atomic E-state index is 13.4. The van der Waals surface area contributed by atoms with Crippen molar-refractivity contribution in [2.45, 2.75) is 69.8 Å². The first-order valence-electron chi connectivity index (χ1n) is 14.9. The second-order valence-corrected chi connectivity index (χ2v) is 11.3. The lowest BCUT2D eigenvalue weighted by Gasteiger charge is -2.27. The van der Waals surface area contributed by atoms with Crippen LogP contribution in [0.5, 0.6) is 0 Å². The number of hydrogen-bond acceptors (Lipinski definition) is 5. The number of aromatic amines is 1. The first-order chi connectivity index (χ1) is 21.0. The van der Waals surface area contributed by atoms with Crippen LogP contribution in [0.1, 0.15) is 77.1 Å². The molecule has 0 spiro atoms. The van der Waals surface area contributed by atoms with Crippen molar-refractivity contribution in [2.75, 3.05) is 19.6 Å². The fourth-order valence-corrected chi connectivity index (χ4v) is 5.35. The Labute approximate surface area is 254 Å². The van der Waals surface area contributed by atoms with Gasteiger partial charge in [0.15, 0.2) is 0 Å². The first-order valence-corrected chi connectivity index (χ1v) is 14.9. The zero-order valence-electron chi connectivity index (χ0n) is 24.9. The third-order valence-corrected chi connectivity index (χ3v) is 7.83. The van der Waals surface area contributed by atoms with E-state index in [1.165, 1.54) is 18.2 Å². The molecule has 4 rings (SSSR count). The third-order valence-electron chi connectivity index (χ3n) is 7.83. The van der Waals surface area contributed by atoms with Crippen molar-refractivity contribution in [3.63, 3.8) is 0 Å². The minimum absolute atomic E-state index is 0.00787. The number of benzene rings is 2. The molecule has 8 nitrogen and oxygen atoms in total. The Hall–Kier alpha value is -3.96. The highest BCUT2D eigenvalue weighted by molar-refractivity contribution is 5.98. The van der Waals surface area contributed by atoms with Crippen LogP contribution in [0.4, 0.5) is 13.2 Å². The predicted molar refractivity (Wildman–Crippen MR) is 161 cm³/mol. The van der Waals surface area contributed by atoms with Gasteiger partial charge in [0, 0.05) is 36.8 Å². The minimum atomic E-state index is -4.47. The molecule has 1 fully saturated rings. The van der Waals surface area contributed by atoms with E-state index in [1.54, 1.807) is 11.0 Å². The molecule has 2 aromatic carbocycles. The molecule has 0 unspecified atom stereocenters. The van der Waals surface area contributed by atoms with E-state index < -0.39 is 40.9 Å². The van der Waals surface area contributed by atoms with Crippen LogP contribution in [0.25, 0.3) is 0 Å². The van der Waals surface area contributed by atoms with E-state index in [0.717, 1.165) is 30.5 Å². The summed E-state index contributed by atoms with van der Waals surface area (Å²) in [5.41, 5.74) is -0.737. The number of halogens is 3. The average molecular weight is 613 g/mol. The molecule has 2 amide bonds. The Morgan fingerprint density at radius 2 is 1.68 bits per heavy atom. The molecule has 11 heteroatoms. The zero-order valence-corrected chi connectivity index (χ0v) is 24.9. The van der Waals surface area contributed by atoms with Gasteiger partial charge in [-0.3, -0.25) is 14.4 Å². The monoisotopic (exact) mass is 612 g/mol. The Morgan fingerprint density at radius 1 is 1.00 bits per heavy atom. The van der Waals surface area contributed by atoms with Gasteiger partial charge in [0.25, 0.3) is 11.8 Å². The van der Waals surface area contributed by atoms with E-state index in [2.05, 4.69) is 15.6 Å². The SMILES string of the molecule is CCCN(CCC)C(=O)c1cc(C(=O)N[C@@H](Cc2ccccc2)[C@H](O)CNC2(c3cccc(C(F)(F)F)c3)CC2)[nH]c(=O)c1. The maximum absolute atomic E-state index is 13.4. The summed E-state index contributed by atoms with van der Waals surface area (Å²) < 4.78 is 40.0. The lowest BCUT2D eigenvalue weighted by Crippen LogP contribution is -2.50. The number of aliphatic hydroxyl groups excluding tert-OH is 1. The van der Waals surface area contributed by atoms with E-state index in [-0.39, 0.29) is 30.1 Å². The third kappa shape index (κ3) is 8.35. The van der Waals surface area contributed by atoms with Gasteiger partial charge in [0.2, 0.25) is 5.56 Å². The van der Waals surface area contributed by atoms with Gasteiger partial charge < -0.3 is 25.6 Å². The van der Waals surface area contributed by atoms with Crippen molar-refractivity contribution < 1.29 is 27.9 Å². The fourth-order valence-electron chi connectivity index (χ4n) is 5.35. The lowest BCUT2D eigenvalue weighted by molar-refractivity contribution is -0.137. The molecule has 0 saturated heterocycles. The largest absolute Gasteiger partial charge is 0.416 e. The standard InChI is InChI=1S/C33H39F3N4O4/c1-3-15-40(16-4-2)31(44)23-18-27(38-29(42)19-23)30(43)39-26(17-22-9-6-5-7-10-22)28(41)21-37-32(13-14-32)24-11-8-12-25(20-24)33(34,35)36/h5-12,18-20,26,28,37,41H,3-4,13-17,21H2,1-2H3,(H,38,42)(H,39,43)/t26-,28+/m0/s1. The molecule has 1 aliphatic carbocycles. The predicted octanol–water partition coefficient (Wildman–Crippen LogP) is 4.64.